The number of hydrogen-bond acceptors (Lipinski definition) is 3. The van der Waals surface area contributed by atoms with Gasteiger partial charge in [0.15, 0.2) is 5.78 Å². The quantitative estimate of drug-likeness (QED) is 0.835. The number of benzene rings is 1. The SMILES string of the molecule is CC1=CC(C)=C(CNC(=O)c2cc(Cl)cc(-c3cc(C)nn3C)c2C)C(=O)C1. The molecule has 1 heterocycles. The average Bonchev–Trinajstić information content (AvgIpc) is 2.93. The summed E-state index contributed by atoms with van der Waals surface area (Å²) in [4.78, 5) is 25.2. The zero-order valence-electron chi connectivity index (χ0n) is 16.8. The van der Waals surface area contributed by atoms with Crippen molar-refractivity contribution in [1.82, 2.24) is 15.1 Å². The Kier molecular flexibility index (Phi) is 5.57. The monoisotopic (exact) mass is 397 g/mol. The van der Waals surface area contributed by atoms with Crippen LogP contribution in [0.25, 0.3) is 11.3 Å². The lowest BCUT2D eigenvalue weighted by atomic mass is 9.92. The fourth-order valence-electron chi connectivity index (χ4n) is 3.63. The first kappa shape index (κ1) is 20.1. The first-order valence-corrected chi connectivity index (χ1v) is 9.54. The van der Waals surface area contributed by atoms with Gasteiger partial charge in [-0.15, -0.1) is 0 Å². The molecule has 0 aliphatic heterocycles. The summed E-state index contributed by atoms with van der Waals surface area (Å²) in [5, 5.41) is 7.74. The van der Waals surface area contributed by atoms with E-state index in [0.29, 0.717) is 22.6 Å². The molecule has 0 bridgehead atoms. The van der Waals surface area contributed by atoms with Crippen LogP contribution in [0, 0.1) is 13.8 Å². The Balaban J connectivity index is 1.90. The molecule has 1 N–H and O–H groups in total. The molecule has 0 radical (unpaired) electrons. The van der Waals surface area contributed by atoms with Crippen LogP contribution in [-0.2, 0) is 11.8 Å². The molecule has 0 spiro atoms. The molecule has 0 atom stereocenters. The topological polar surface area (TPSA) is 64.0 Å². The van der Waals surface area contributed by atoms with Gasteiger partial charge in [-0.3, -0.25) is 14.3 Å². The third kappa shape index (κ3) is 3.94. The van der Waals surface area contributed by atoms with Crippen LogP contribution < -0.4 is 5.32 Å². The van der Waals surface area contributed by atoms with Crippen molar-refractivity contribution < 1.29 is 9.59 Å². The zero-order chi connectivity index (χ0) is 20.6. The van der Waals surface area contributed by atoms with E-state index in [2.05, 4.69) is 10.4 Å². The molecule has 6 heteroatoms. The van der Waals surface area contributed by atoms with Crippen molar-refractivity contribution in [2.24, 2.45) is 7.05 Å². The van der Waals surface area contributed by atoms with E-state index in [1.165, 1.54) is 0 Å². The second kappa shape index (κ2) is 7.76. The maximum atomic E-state index is 12.9. The van der Waals surface area contributed by atoms with Gasteiger partial charge in [0.25, 0.3) is 5.91 Å². The van der Waals surface area contributed by atoms with Gasteiger partial charge >= 0.3 is 0 Å². The van der Waals surface area contributed by atoms with E-state index in [1.54, 1.807) is 10.7 Å². The van der Waals surface area contributed by atoms with Gasteiger partial charge in [0.1, 0.15) is 0 Å². The van der Waals surface area contributed by atoms with Crippen LogP contribution in [0.5, 0.6) is 0 Å². The predicted octanol–water partition coefficient (Wildman–Crippen LogP) is 4.32. The van der Waals surface area contributed by atoms with Gasteiger partial charge in [-0.25, -0.2) is 0 Å². The highest BCUT2D eigenvalue weighted by atomic mass is 35.5. The number of Topliss-reactive ketones (excluding diaryl/α,β-unsaturated/α-hetero) is 1. The van der Waals surface area contributed by atoms with E-state index in [1.807, 2.05) is 53.0 Å². The lowest BCUT2D eigenvalue weighted by Crippen LogP contribution is -2.30. The molecular formula is C22H24ClN3O2. The van der Waals surface area contributed by atoms with Crippen molar-refractivity contribution in [1.29, 1.82) is 0 Å². The fourth-order valence-corrected chi connectivity index (χ4v) is 3.85. The number of nitrogens with one attached hydrogen (secondary N) is 1. The second-order valence-corrected chi connectivity index (χ2v) is 7.79. The van der Waals surface area contributed by atoms with Gasteiger partial charge < -0.3 is 5.32 Å². The van der Waals surface area contributed by atoms with E-state index in [9.17, 15) is 9.59 Å². The van der Waals surface area contributed by atoms with Crippen LogP contribution in [0.4, 0.5) is 0 Å². The number of hydrogen-bond donors (Lipinski definition) is 1. The molecule has 1 amide bonds. The Hall–Kier alpha value is -2.66. The molecule has 1 aromatic heterocycles. The summed E-state index contributed by atoms with van der Waals surface area (Å²) in [5.41, 5.74) is 6.57. The number of halogens is 1. The number of carbonyl (C=O) groups excluding carboxylic acids is 2. The number of amides is 1. The van der Waals surface area contributed by atoms with Gasteiger partial charge in [-0.2, -0.15) is 5.10 Å². The number of allylic oxidation sites excluding steroid dienone is 3. The van der Waals surface area contributed by atoms with Gasteiger partial charge in [0.2, 0.25) is 0 Å². The summed E-state index contributed by atoms with van der Waals surface area (Å²) in [5.74, 6) is -0.189. The lowest BCUT2D eigenvalue weighted by molar-refractivity contribution is -0.115. The fraction of sp³-hybridized carbons (Fsp3) is 0.318. The summed E-state index contributed by atoms with van der Waals surface area (Å²) < 4.78 is 1.78. The summed E-state index contributed by atoms with van der Waals surface area (Å²) in [6.07, 6.45) is 2.40. The minimum absolute atomic E-state index is 0.0617. The first-order valence-electron chi connectivity index (χ1n) is 9.17. The molecule has 5 nitrogen and oxygen atoms in total. The third-order valence-electron chi connectivity index (χ3n) is 5.04. The van der Waals surface area contributed by atoms with E-state index in [-0.39, 0.29) is 18.2 Å². The van der Waals surface area contributed by atoms with Gasteiger partial charge in [0, 0.05) is 41.7 Å². The van der Waals surface area contributed by atoms with Crippen molar-refractivity contribution >= 4 is 23.3 Å². The summed E-state index contributed by atoms with van der Waals surface area (Å²) in [7, 11) is 1.86. The number of ketones is 1. The summed E-state index contributed by atoms with van der Waals surface area (Å²) in [6.45, 7) is 7.86. The van der Waals surface area contributed by atoms with Crippen LogP contribution in [-0.4, -0.2) is 28.0 Å². The number of carbonyl (C=O) groups is 2. The Labute approximate surface area is 170 Å². The van der Waals surface area contributed by atoms with Crippen LogP contribution in [0.15, 0.2) is 41.0 Å². The largest absolute Gasteiger partial charge is 0.348 e. The van der Waals surface area contributed by atoms with Crippen molar-refractivity contribution in [3.63, 3.8) is 0 Å². The molecule has 1 aliphatic rings. The van der Waals surface area contributed by atoms with Crippen LogP contribution in [0.2, 0.25) is 5.02 Å². The van der Waals surface area contributed by atoms with Crippen LogP contribution >= 0.6 is 11.6 Å². The summed E-state index contributed by atoms with van der Waals surface area (Å²) in [6, 6.07) is 5.46. The predicted molar refractivity (Wildman–Crippen MR) is 112 cm³/mol. The standard InChI is InChI=1S/C22H24ClN3O2/c1-12-6-13(2)19(21(27)7-12)11-24-22(28)18-10-16(23)9-17(15(18)4)20-8-14(3)25-26(20)5/h6,8-10H,7,11H2,1-5H3,(H,24,28). The van der Waals surface area contributed by atoms with Crippen LogP contribution in [0.1, 0.15) is 41.9 Å². The molecular weight excluding hydrogens is 374 g/mol. The lowest BCUT2D eigenvalue weighted by Gasteiger charge is -2.17. The van der Waals surface area contributed by atoms with Gasteiger partial charge in [-0.05, 0) is 57.0 Å². The molecule has 1 aliphatic carbocycles. The Morgan fingerprint density at radius 2 is 1.93 bits per heavy atom. The number of rotatable bonds is 4. The highest BCUT2D eigenvalue weighted by Crippen LogP contribution is 2.30. The van der Waals surface area contributed by atoms with Gasteiger partial charge in [0.05, 0.1) is 11.4 Å². The summed E-state index contributed by atoms with van der Waals surface area (Å²) >= 11 is 6.31. The molecule has 28 heavy (non-hydrogen) atoms. The molecule has 0 saturated heterocycles. The molecule has 1 aromatic carbocycles. The number of nitrogens with zero attached hydrogens (tertiary/aromatic N) is 2. The Morgan fingerprint density at radius 3 is 2.54 bits per heavy atom. The maximum Gasteiger partial charge on any atom is 0.251 e. The first-order chi connectivity index (χ1) is 13.2. The number of aryl methyl sites for hydroxylation is 2. The second-order valence-electron chi connectivity index (χ2n) is 7.36. The average molecular weight is 398 g/mol. The minimum atomic E-state index is -0.250. The highest BCUT2D eigenvalue weighted by molar-refractivity contribution is 6.31. The molecule has 0 unspecified atom stereocenters. The molecule has 2 aromatic rings. The minimum Gasteiger partial charge on any atom is -0.348 e. The van der Waals surface area contributed by atoms with E-state index in [4.69, 9.17) is 11.6 Å². The van der Waals surface area contributed by atoms with Gasteiger partial charge in [-0.1, -0.05) is 23.3 Å². The Bertz CT molecular complexity index is 1040. The number of aromatic nitrogens is 2. The molecule has 146 valence electrons. The molecule has 0 fully saturated rings. The third-order valence-corrected chi connectivity index (χ3v) is 5.25. The van der Waals surface area contributed by atoms with Crippen LogP contribution in [0.3, 0.4) is 0 Å². The van der Waals surface area contributed by atoms with E-state index < -0.39 is 0 Å². The van der Waals surface area contributed by atoms with Crippen molar-refractivity contribution in [3.05, 3.63) is 62.8 Å². The normalized spacial score (nSPS) is 14.4. The smallest absolute Gasteiger partial charge is 0.251 e. The van der Waals surface area contributed by atoms with Crippen molar-refractivity contribution in [2.75, 3.05) is 6.54 Å². The van der Waals surface area contributed by atoms with Crippen molar-refractivity contribution in [3.8, 4) is 11.3 Å². The zero-order valence-corrected chi connectivity index (χ0v) is 17.6. The Morgan fingerprint density at radius 1 is 1.21 bits per heavy atom. The van der Waals surface area contributed by atoms with Crippen molar-refractivity contribution in [2.45, 2.75) is 34.1 Å². The highest BCUT2D eigenvalue weighted by Gasteiger charge is 2.20. The molecule has 0 saturated carbocycles. The van der Waals surface area contributed by atoms with E-state index >= 15 is 0 Å². The molecule has 3 rings (SSSR count). The maximum absolute atomic E-state index is 12.9. The van der Waals surface area contributed by atoms with E-state index in [0.717, 1.165) is 33.7 Å².